The van der Waals surface area contributed by atoms with Crippen LogP contribution < -0.4 is 0 Å². The molecule has 1 fully saturated rings. The molecule has 0 unspecified atom stereocenters. The summed E-state index contributed by atoms with van der Waals surface area (Å²) >= 11 is 0. The molecule has 194 valence electrons. The van der Waals surface area contributed by atoms with Gasteiger partial charge >= 0.3 is 11.9 Å². The number of hydrogen-bond donors (Lipinski definition) is 3. The molecular formula is C25H40O9. The van der Waals surface area contributed by atoms with Gasteiger partial charge in [-0.2, -0.15) is 0 Å². The Bertz CT molecular complexity index is 728. The van der Waals surface area contributed by atoms with E-state index in [4.69, 9.17) is 14.2 Å². The van der Waals surface area contributed by atoms with Crippen molar-refractivity contribution >= 4 is 18.2 Å². The molecule has 0 saturated carbocycles. The Kier molecular flexibility index (Phi) is 12.7. The van der Waals surface area contributed by atoms with Crippen LogP contribution in [-0.4, -0.2) is 71.4 Å². The summed E-state index contributed by atoms with van der Waals surface area (Å²) in [6, 6.07) is 0. The summed E-state index contributed by atoms with van der Waals surface area (Å²) in [7, 11) is 1.20. The Morgan fingerprint density at radius 3 is 2.53 bits per heavy atom. The van der Waals surface area contributed by atoms with Crippen molar-refractivity contribution in [1.82, 2.24) is 0 Å². The standard InChI is InChI=1S/C25H40O9/c1-5-6-7-8-9-11-21(29)33-23-18(15-22(30)32-4)14-20(16-19(28)17-27)34-25(23,31)24(2,3)12-10-13-26/h10,12-13,15,19-20,23,27-28,31H,5-9,11,14,16-17H2,1-4H3/b12-10+,18-15+/t19-,20+,23+,25-/m1/s1. The van der Waals surface area contributed by atoms with Crippen LogP contribution in [0.1, 0.15) is 72.1 Å². The van der Waals surface area contributed by atoms with E-state index in [-0.39, 0.29) is 24.8 Å². The highest BCUT2D eigenvalue weighted by Gasteiger charge is 2.57. The lowest BCUT2D eigenvalue weighted by Crippen LogP contribution is -2.62. The second kappa shape index (κ2) is 14.4. The van der Waals surface area contributed by atoms with Crippen molar-refractivity contribution in [3.63, 3.8) is 0 Å². The summed E-state index contributed by atoms with van der Waals surface area (Å²) in [6.45, 7) is 4.78. The average molecular weight is 485 g/mol. The molecule has 0 spiro atoms. The number of aliphatic hydroxyl groups excluding tert-OH is 2. The van der Waals surface area contributed by atoms with Crippen LogP contribution in [0.3, 0.4) is 0 Å². The zero-order valence-electron chi connectivity index (χ0n) is 20.7. The van der Waals surface area contributed by atoms with Crippen molar-refractivity contribution in [3.8, 4) is 0 Å². The highest BCUT2D eigenvalue weighted by molar-refractivity contribution is 5.83. The summed E-state index contributed by atoms with van der Waals surface area (Å²) in [6.07, 6.45) is 5.83. The predicted molar refractivity (Wildman–Crippen MR) is 124 cm³/mol. The first-order chi connectivity index (χ1) is 16.0. The molecule has 34 heavy (non-hydrogen) atoms. The topological polar surface area (TPSA) is 140 Å². The lowest BCUT2D eigenvalue weighted by Gasteiger charge is -2.50. The first kappa shape index (κ1) is 30.0. The van der Waals surface area contributed by atoms with E-state index in [1.54, 1.807) is 13.8 Å². The van der Waals surface area contributed by atoms with E-state index >= 15 is 0 Å². The van der Waals surface area contributed by atoms with E-state index in [0.717, 1.165) is 31.8 Å². The van der Waals surface area contributed by atoms with Gasteiger partial charge < -0.3 is 29.5 Å². The molecule has 0 aromatic heterocycles. The van der Waals surface area contributed by atoms with E-state index in [9.17, 15) is 29.7 Å². The van der Waals surface area contributed by atoms with E-state index in [2.05, 4.69) is 6.92 Å². The molecule has 9 nitrogen and oxygen atoms in total. The molecule has 0 radical (unpaired) electrons. The average Bonchev–Trinajstić information content (AvgIpc) is 2.79. The zero-order chi connectivity index (χ0) is 25.8. The molecule has 0 bridgehead atoms. The second-order valence-corrected chi connectivity index (χ2v) is 9.21. The Morgan fingerprint density at radius 1 is 1.26 bits per heavy atom. The zero-order valence-corrected chi connectivity index (χ0v) is 20.7. The van der Waals surface area contributed by atoms with Crippen LogP contribution in [-0.2, 0) is 28.6 Å². The van der Waals surface area contributed by atoms with Crippen molar-refractivity contribution in [2.45, 2.75) is 96.2 Å². The summed E-state index contributed by atoms with van der Waals surface area (Å²) < 4.78 is 16.4. The molecule has 9 heteroatoms. The fraction of sp³-hybridized carbons (Fsp3) is 0.720. The summed E-state index contributed by atoms with van der Waals surface area (Å²) in [5.41, 5.74) is -1.000. The minimum atomic E-state index is -2.18. The Balaban J connectivity index is 3.33. The summed E-state index contributed by atoms with van der Waals surface area (Å²) in [5.74, 6) is -3.44. The lowest BCUT2D eigenvalue weighted by molar-refractivity contribution is -0.327. The number of esters is 2. The minimum absolute atomic E-state index is 0.0388. The van der Waals surface area contributed by atoms with Gasteiger partial charge in [0.25, 0.3) is 0 Å². The molecule has 0 aromatic carbocycles. The first-order valence-electron chi connectivity index (χ1n) is 11.8. The maximum atomic E-state index is 12.7. The van der Waals surface area contributed by atoms with Crippen molar-refractivity contribution < 1.29 is 43.9 Å². The van der Waals surface area contributed by atoms with Crippen LogP contribution in [0.5, 0.6) is 0 Å². The monoisotopic (exact) mass is 484 g/mol. The van der Waals surface area contributed by atoms with Gasteiger partial charge in [0.05, 0.1) is 25.9 Å². The number of aldehydes is 1. The number of ether oxygens (including phenoxy) is 3. The highest BCUT2D eigenvalue weighted by Crippen LogP contribution is 2.46. The number of carbonyl (C=O) groups excluding carboxylic acids is 3. The SMILES string of the molecule is CCCCCCCC(=O)O[C@H]1/C(=C/C(=O)OC)C[C@@H](C[C@@H](O)CO)O[C@@]1(O)C(C)(C)/C=C/C=O. The van der Waals surface area contributed by atoms with Gasteiger partial charge in [0.15, 0.2) is 6.10 Å². The highest BCUT2D eigenvalue weighted by atomic mass is 16.7. The van der Waals surface area contributed by atoms with Gasteiger partial charge in [-0.05, 0) is 24.5 Å². The van der Waals surface area contributed by atoms with E-state index in [1.807, 2.05) is 0 Å². The van der Waals surface area contributed by atoms with Gasteiger partial charge in [-0.3, -0.25) is 9.59 Å². The van der Waals surface area contributed by atoms with Gasteiger partial charge in [-0.15, -0.1) is 0 Å². The third-order valence-corrected chi connectivity index (χ3v) is 6.00. The largest absolute Gasteiger partial charge is 0.466 e. The first-order valence-corrected chi connectivity index (χ1v) is 11.8. The fourth-order valence-electron chi connectivity index (χ4n) is 3.94. The number of allylic oxidation sites excluding steroid dienone is 1. The van der Waals surface area contributed by atoms with Crippen LogP contribution in [0.15, 0.2) is 23.8 Å². The van der Waals surface area contributed by atoms with Crippen molar-refractivity contribution in [1.29, 1.82) is 0 Å². The molecule has 1 aliphatic rings. The molecule has 1 saturated heterocycles. The maximum absolute atomic E-state index is 12.7. The van der Waals surface area contributed by atoms with Crippen molar-refractivity contribution in [2.75, 3.05) is 13.7 Å². The van der Waals surface area contributed by atoms with Crippen molar-refractivity contribution in [2.24, 2.45) is 5.41 Å². The van der Waals surface area contributed by atoms with Gasteiger partial charge in [0.2, 0.25) is 5.79 Å². The molecule has 1 rings (SSSR count). The summed E-state index contributed by atoms with van der Waals surface area (Å²) in [5, 5.41) is 31.0. The molecular weight excluding hydrogens is 444 g/mol. The number of unbranched alkanes of at least 4 members (excludes halogenated alkanes) is 4. The second-order valence-electron chi connectivity index (χ2n) is 9.21. The molecule has 4 atom stereocenters. The summed E-state index contributed by atoms with van der Waals surface area (Å²) in [4.78, 5) is 35.8. The molecule has 3 N–H and O–H groups in total. The quantitative estimate of drug-likeness (QED) is 0.147. The van der Waals surface area contributed by atoms with Crippen LogP contribution in [0.25, 0.3) is 0 Å². The number of methoxy groups -OCH3 is 1. The Morgan fingerprint density at radius 2 is 1.94 bits per heavy atom. The normalized spacial score (nSPS) is 25.3. The molecule has 0 aromatic rings. The maximum Gasteiger partial charge on any atom is 0.330 e. The van der Waals surface area contributed by atoms with Gasteiger partial charge in [-0.1, -0.05) is 52.5 Å². The molecule has 1 aliphatic heterocycles. The number of rotatable bonds is 14. The number of hydrogen-bond acceptors (Lipinski definition) is 9. The van der Waals surface area contributed by atoms with E-state index in [1.165, 1.54) is 19.3 Å². The van der Waals surface area contributed by atoms with Gasteiger partial charge in [0.1, 0.15) is 6.29 Å². The smallest absolute Gasteiger partial charge is 0.330 e. The van der Waals surface area contributed by atoms with Crippen LogP contribution in [0.4, 0.5) is 0 Å². The Labute approximate surface area is 201 Å². The fourth-order valence-corrected chi connectivity index (χ4v) is 3.94. The number of aliphatic hydroxyl groups is 3. The lowest BCUT2D eigenvalue weighted by atomic mass is 9.74. The van der Waals surface area contributed by atoms with E-state index in [0.29, 0.717) is 12.7 Å². The van der Waals surface area contributed by atoms with Gasteiger partial charge in [-0.25, -0.2) is 4.79 Å². The predicted octanol–water partition coefficient (Wildman–Crippen LogP) is 2.36. The minimum Gasteiger partial charge on any atom is -0.466 e. The third-order valence-electron chi connectivity index (χ3n) is 6.00. The van der Waals surface area contributed by atoms with Crippen LogP contribution in [0, 0.1) is 5.41 Å². The van der Waals surface area contributed by atoms with Gasteiger partial charge in [0, 0.05) is 24.3 Å². The third kappa shape index (κ3) is 8.61. The van der Waals surface area contributed by atoms with Crippen molar-refractivity contribution in [3.05, 3.63) is 23.8 Å². The molecule has 1 heterocycles. The van der Waals surface area contributed by atoms with E-state index < -0.39 is 48.1 Å². The van der Waals surface area contributed by atoms with Crippen LogP contribution >= 0.6 is 0 Å². The number of carbonyl (C=O) groups is 3. The molecule has 0 aliphatic carbocycles. The Hall–Kier alpha value is -2.07. The molecule has 0 amide bonds. The van der Waals surface area contributed by atoms with Crippen LogP contribution in [0.2, 0.25) is 0 Å².